The Hall–Kier alpha value is -1.68. The number of hydrogen-bond acceptors (Lipinski definition) is 3. The number of nitrogens with one attached hydrogen (secondary N) is 1. The third-order valence-corrected chi connectivity index (χ3v) is 4.17. The van der Waals surface area contributed by atoms with Gasteiger partial charge < -0.3 is 5.32 Å². The van der Waals surface area contributed by atoms with Crippen LogP contribution in [0.3, 0.4) is 0 Å². The number of carbonyl (C=O) groups excluding carboxylic acids is 2. The minimum atomic E-state index is -0.125. The fourth-order valence-corrected chi connectivity index (χ4v) is 2.78. The first kappa shape index (κ1) is 15.7. The smallest absolute Gasteiger partial charge is 0.241 e. The zero-order valence-corrected chi connectivity index (χ0v) is 13.1. The number of carbonyl (C=O) groups is 2. The summed E-state index contributed by atoms with van der Waals surface area (Å²) in [7, 11) is 0. The van der Waals surface area contributed by atoms with Gasteiger partial charge in [0.2, 0.25) is 5.91 Å². The Balaban J connectivity index is 1.95. The van der Waals surface area contributed by atoms with Gasteiger partial charge in [-0.3, -0.25) is 14.5 Å². The van der Waals surface area contributed by atoms with Crippen LogP contribution >= 0.6 is 0 Å². The fourth-order valence-electron chi connectivity index (χ4n) is 2.78. The number of benzene rings is 1. The molecule has 0 aromatic heterocycles. The van der Waals surface area contributed by atoms with E-state index in [0.29, 0.717) is 11.5 Å². The quantitative estimate of drug-likeness (QED) is 0.867. The average Bonchev–Trinajstić information content (AvgIpc) is 2.47. The first-order valence-electron chi connectivity index (χ1n) is 7.63. The molecule has 2 atom stereocenters. The van der Waals surface area contributed by atoms with Crippen LogP contribution in [0.1, 0.15) is 44.0 Å². The summed E-state index contributed by atoms with van der Waals surface area (Å²) in [6.07, 6.45) is 2.41. The highest BCUT2D eigenvalue weighted by Gasteiger charge is 2.25. The van der Waals surface area contributed by atoms with Crippen molar-refractivity contribution in [1.82, 2.24) is 4.90 Å². The summed E-state index contributed by atoms with van der Waals surface area (Å²) >= 11 is 0. The van der Waals surface area contributed by atoms with Crippen LogP contribution in [0.2, 0.25) is 0 Å². The van der Waals surface area contributed by atoms with Gasteiger partial charge in [-0.25, -0.2) is 0 Å². The summed E-state index contributed by atoms with van der Waals surface area (Å²) in [6.45, 7) is 7.70. The second kappa shape index (κ2) is 6.85. The summed E-state index contributed by atoms with van der Waals surface area (Å²) in [4.78, 5) is 25.8. The SMILES string of the molecule is CC(=O)c1ccc(NC(=O)[C@H](C)N2CCC[C@@H](C)C2)cc1. The van der Waals surface area contributed by atoms with E-state index in [9.17, 15) is 9.59 Å². The van der Waals surface area contributed by atoms with Gasteiger partial charge in [-0.1, -0.05) is 6.92 Å². The normalized spacial score (nSPS) is 20.8. The van der Waals surface area contributed by atoms with Crippen molar-refractivity contribution in [3.63, 3.8) is 0 Å². The highest BCUT2D eigenvalue weighted by Crippen LogP contribution is 2.18. The van der Waals surface area contributed by atoms with E-state index in [4.69, 9.17) is 0 Å². The van der Waals surface area contributed by atoms with Crippen molar-refractivity contribution < 1.29 is 9.59 Å². The number of Topliss-reactive ketones (excluding diaryl/α,β-unsaturated/α-hetero) is 1. The van der Waals surface area contributed by atoms with E-state index in [2.05, 4.69) is 17.1 Å². The standard InChI is InChI=1S/C17H24N2O2/c1-12-5-4-10-19(11-12)13(2)17(21)18-16-8-6-15(7-9-16)14(3)20/h6-9,12-13H,4-5,10-11H2,1-3H3,(H,18,21)/t12-,13+/m1/s1. The third-order valence-electron chi connectivity index (χ3n) is 4.17. The number of likely N-dealkylation sites (tertiary alicyclic amines) is 1. The topological polar surface area (TPSA) is 49.4 Å². The first-order chi connectivity index (χ1) is 9.97. The summed E-state index contributed by atoms with van der Waals surface area (Å²) in [5.74, 6) is 0.701. The predicted molar refractivity (Wildman–Crippen MR) is 84.5 cm³/mol. The highest BCUT2D eigenvalue weighted by atomic mass is 16.2. The maximum absolute atomic E-state index is 12.3. The lowest BCUT2D eigenvalue weighted by atomic mass is 9.99. The Bertz CT molecular complexity index is 510. The molecule has 21 heavy (non-hydrogen) atoms. The molecule has 1 aliphatic rings. The van der Waals surface area contributed by atoms with E-state index in [-0.39, 0.29) is 17.7 Å². The lowest BCUT2D eigenvalue weighted by Gasteiger charge is -2.34. The van der Waals surface area contributed by atoms with E-state index in [1.807, 2.05) is 6.92 Å². The molecule has 1 aromatic carbocycles. The molecule has 1 saturated heterocycles. The molecule has 1 heterocycles. The van der Waals surface area contributed by atoms with Gasteiger partial charge in [0, 0.05) is 17.8 Å². The number of ketones is 1. The average molecular weight is 288 g/mol. The molecule has 0 unspecified atom stereocenters. The molecular weight excluding hydrogens is 264 g/mol. The lowest BCUT2D eigenvalue weighted by Crippen LogP contribution is -2.46. The largest absolute Gasteiger partial charge is 0.325 e. The summed E-state index contributed by atoms with van der Waals surface area (Å²) in [5, 5.41) is 2.93. The van der Waals surface area contributed by atoms with E-state index in [1.165, 1.54) is 13.3 Å². The second-order valence-corrected chi connectivity index (χ2v) is 6.04. The molecule has 114 valence electrons. The molecule has 2 rings (SSSR count). The third kappa shape index (κ3) is 4.14. The monoisotopic (exact) mass is 288 g/mol. The maximum Gasteiger partial charge on any atom is 0.241 e. The Morgan fingerprint density at radius 1 is 1.29 bits per heavy atom. The summed E-state index contributed by atoms with van der Waals surface area (Å²) in [5.41, 5.74) is 1.40. The minimum absolute atomic E-state index is 0.0136. The van der Waals surface area contributed by atoms with Crippen LogP contribution in [0.5, 0.6) is 0 Å². The number of anilines is 1. The Kier molecular flexibility index (Phi) is 5.12. The van der Waals surface area contributed by atoms with Gasteiger partial charge in [-0.2, -0.15) is 0 Å². The van der Waals surface area contributed by atoms with Crippen LogP contribution in [0, 0.1) is 5.92 Å². The van der Waals surface area contributed by atoms with E-state index < -0.39 is 0 Å². The van der Waals surface area contributed by atoms with Gasteiger partial charge in [0.25, 0.3) is 0 Å². The molecule has 1 N–H and O–H groups in total. The van der Waals surface area contributed by atoms with Crippen molar-refractivity contribution in [1.29, 1.82) is 0 Å². The zero-order chi connectivity index (χ0) is 15.4. The summed E-state index contributed by atoms with van der Waals surface area (Å²) < 4.78 is 0. The Morgan fingerprint density at radius 3 is 2.52 bits per heavy atom. The molecule has 0 aliphatic carbocycles. The van der Waals surface area contributed by atoms with Crippen molar-refractivity contribution in [2.45, 2.75) is 39.7 Å². The van der Waals surface area contributed by atoms with Crippen LogP contribution in [0.25, 0.3) is 0 Å². The van der Waals surface area contributed by atoms with Gasteiger partial charge in [0.15, 0.2) is 5.78 Å². The predicted octanol–water partition coefficient (Wildman–Crippen LogP) is 2.95. The molecule has 1 amide bonds. The number of nitrogens with zero attached hydrogens (tertiary/aromatic N) is 1. The molecule has 0 saturated carbocycles. The molecule has 0 bridgehead atoms. The van der Waals surface area contributed by atoms with Crippen LogP contribution in [0.4, 0.5) is 5.69 Å². The van der Waals surface area contributed by atoms with Crippen molar-refractivity contribution in [2.24, 2.45) is 5.92 Å². The maximum atomic E-state index is 12.3. The van der Waals surface area contributed by atoms with Crippen molar-refractivity contribution in [2.75, 3.05) is 18.4 Å². The van der Waals surface area contributed by atoms with Gasteiger partial charge in [-0.15, -0.1) is 0 Å². The van der Waals surface area contributed by atoms with Gasteiger partial charge in [-0.05, 0) is 63.4 Å². The molecule has 0 radical (unpaired) electrons. The molecule has 1 fully saturated rings. The second-order valence-electron chi connectivity index (χ2n) is 6.04. The molecule has 1 aliphatic heterocycles. The van der Waals surface area contributed by atoms with Crippen LogP contribution in [-0.2, 0) is 4.79 Å². The number of piperidine rings is 1. The molecule has 1 aromatic rings. The molecule has 4 nitrogen and oxygen atoms in total. The van der Waals surface area contributed by atoms with Crippen LogP contribution < -0.4 is 5.32 Å². The highest BCUT2D eigenvalue weighted by molar-refractivity contribution is 5.96. The minimum Gasteiger partial charge on any atom is -0.325 e. The zero-order valence-electron chi connectivity index (χ0n) is 13.1. The first-order valence-corrected chi connectivity index (χ1v) is 7.63. The van der Waals surface area contributed by atoms with Crippen molar-refractivity contribution in [3.05, 3.63) is 29.8 Å². The number of hydrogen-bond donors (Lipinski definition) is 1. The van der Waals surface area contributed by atoms with E-state index in [1.54, 1.807) is 24.3 Å². The lowest BCUT2D eigenvalue weighted by molar-refractivity contribution is -0.121. The fraction of sp³-hybridized carbons (Fsp3) is 0.529. The van der Waals surface area contributed by atoms with E-state index >= 15 is 0 Å². The Morgan fingerprint density at radius 2 is 1.95 bits per heavy atom. The summed E-state index contributed by atoms with van der Waals surface area (Å²) in [6, 6.07) is 6.91. The number of rotatable bonds is 4. The van der Waals surface area contributed by atoms with Crippen LogP contribution in [0.15, 0.2) is 24.3 Å². The molecular formula is C17H24N2O2. The molecule has 4 heteroatoms. The van der Waals surface area contributed by atoms with Crippen molar-refractivity contribution >= 4 is 17.4 Å². The van der Waals surface area contributed by atoms with Gasteiger partial charge in [0.05, 0.1) is 6.04 Å². The molecule has 0 spiro atoms. The van der Waals surface area contributed by atoms with E-state index in [0.717, 1.165) is 25.2 Å². The van der Waals surface area contributed by atoms with Gasteiger partial charge in [0.1, 0.15) is 0 Å². The van der Waals surface area contributed by atoms with Crippen molar-refractivity contribution in [3.8, 4) is 0 Å². The number of amides is 1. The Labute approximate surface area is 126 Å². The van der Waals surface area contributed by atoms with Crippen LogP contribution in [-0.4, -0.2) is 35.7 Å². The van der Waals surface area contributed by atoms with Gasteiger partial charge >= 0.3 is 0 Å².